The average Bonchev–Trinajstić information content (AvgIpc) is 3.24. The molecule has 24 heavy (non-hydrogen) atoms. The highest BCUT2D eigenvalue weighted by molar-refractivity contribution is 6.01. The summed E-state index contributed by atoms with van der Waals surface area (Å²) in [6.45, 7) is 0. The lowest BCUT2D eigenvalue weighted by Gasteiger charge is -2.45. The van der Waals surface area contributed by atoms with Gasteiger partial charge in [-0.2, -0.15) is 5.10 Å². The van der Waals surface area contributed by atoms with Gasteiger partial charge < -0.3 is 4.74 Å². The standard InChI is InChI=1S/C20H19FN2O/c21-15-9-7-14(8-10-15)17-13-18-16-5-1-2-6-19(16)24-20(23(18)22-17)11-3-4-12-20/h1-2,5-10,18H,3-4,11-13H2. The Kier molecular flexibility index (Phi) is 2.96. The van der Waals surface area contributed by atoms with Gasteiger partial charge in [-0.05, 0) is 36.6 Å². The third-order valence-electron chi connectivity index (χ3n) is 5.47. The van der Waals surface area contributed by atoms with Gasteiger partial charge in [-0.15, -0.1) is 0 Å². The van der Waals surface area contributed by atoms with E-state index in [0.29, 0.717) is 0 Å². The van der Waals surface area contributed by atoms with Crippen LogP contribution in [-0.2, 0) is 0 Å². The van der Waals surface area contributed by atoms with Crippen molar-refractivity contribution in [2.45, 2.75) is 43.9 Å². The minimum Gasteiger partial charge on any atom is -0.466 e. The summed E-state index contributed by atoms with van der Waals surface area (Å²) >= 11 is 0. The van der Waals surface area contributed by atoms with Gasteiger partial charge in [-0.3, -0.25) is 0 Å². The zero-order valence-electron chi connectivity index (χ0n) is 13.4. The summed E-state index contributed by atoms with van der Waals surface area (Å²) in [5.74, 6) is 0.784. The van der Waals surface area contributed by atoms with Crippen molar-refractivity contribution in [2.24, 2.45) is 5.10 Å². The molecule has 1 spiro atoms. The van der Waals surface area contributed by atoms with E-state index in [-0.39, 0.29) is 17.6 Å². The van der Waals surface area contributed by atoms with Crippen LogP contribution in [0.5, 0.6) is 5.75 Å². The molecule has 3 nitrogen and oxygen atoms in total. The monoisotopic (exact) mass is 322 g/mol. The highest BCUT2D eigenvalue weighted by Crippen LogP contribution is 2.51. The lowest BCUT2D eigenvalue weighted by molar-refractivity contribution is -0.114. The molecule has 2 heterocycles. The Balaban J connectivity index is 1.59. The number of rotatable bonds is 1. The summed E-state index contributed by atoms with van der Waals surface area (Å²) in [4.78, 5) is 0. The van der Waals surface area contributed by atoms with E-state index < -0.39 is 0 Å². The molecule has 1 atom stereocenters. The first-order valence-electron chi connectivity index (χ1n) is 8.66. The number of halogens is 1. The molecule has 3 aliphatic rings. The zero-order valence-corrected chi connectivity index (χ0v) is 13.4. The molecule has 1 fully saturated rings. The Morgan fingerprint density at radius 3 is 2.58 bits per heavy atom. The van der Waals surface area contributed by atoms with Crippen molar-refractivity contribution >= 4 is 5.71 Å². The summed E-state index contributed by atoms with van der Waals surface area (Å²) < 4.78 is 19.7. The van der Waals surface area contributed by atoms with Crippen LogP contribution < -0.4 is 4.74 Å². The highest BCUT2D eigenvalue weighted by atomic mass is 19.1. The molecule has 5 rings (SSSR count). The van der Waals surface area contributed by atoms with E-state index in [9.17, 15) is 4.39 Å². The van der Waals surface area contributed by atoms with E-state index in [0.717, 1.165) is 36.3 Å². The third-order valence-corrected chi connectivity index (χ3v) is 5.47. The molecule has 122 valence electrons. The Hall–Kier alpha value is -2.36. The number of benzene rings is 2. The van der Waals surface area contributed by atoms with Crippen LogP contribution in [0.3, 0.4) is 0 Å². The minimum absolute atomic E-state index is 0.212. The van der Waals surface area contributed by atoms with E-state index in [4.69, 9.17) is 9.84 Å². The number of hydrogen-bond donors (Lipinski definition) is 0. The molecule has 1 aliphatic carbocycles. The molecule has 2 aromatic rings. The second kappa shape index (κ2) is 5.07. The predicted molar refractivity (Wildman–Crippen MR) is 90.4 cm³/mol. The van der Waals surface area contributed by atoms with Gasteiger partial charge in [0.1, 0.15) is 11.6 Å². The minimum atomic E-state index is -0.305. The van der Waals surface area contributed by atoms with Crippen molar-refractivity contribution in [3.05, 3.63) is 65.5 Å². The van der Waals surface area contributed by atoms with E-state index >= 15 is 0 Å². The molecule has 0 amide bonds. The van der Waals surface area contributed by atoms with E-state index in [1.54, 1.807) is 0 Å². The first kappa shape index (κ1) is 14.0. The molecule has 4 heteroatoms. The van der Waals surface area contributed by atoms with Gasteiger partial charge in [0.25, 0.3) is 0 Å². The van der Waals surface area contributed by atoms with Crippen LogP contribution in [0, 0.1) is 5.82 Å². The van der Waals surface area contributed by atoms with Crippen molar-refractivity contribution in [1.82, 2.24) is 5.01 Å². The van der Waals surface area contributed by atoms with E-state index in [1.165, 1.54) is 30.5 Å². The summed E-state index contributed by atoms with van der Waals surface area (Å²) in [6.07, 6.45) is 5.21. The van der Waals surface area contributed by atoms with Gasteiger partial charge in [-0.1, -0.05) is 30.3 Å². The molecule has 1 unspecified atom stereocenters. The molecule has 2 aromatic carbocycles. The SMILES string of the molecule is Fc1ccc(C2=NN3C(C2)c2ccccc2OC32CCCC2)cc1. The van der Waals surface area contributed by atoms with Crippen LogP contribution in [0.4, 0.5) is 4.39 Å². The second-order valence-corrected chi connectivity index (χ2v) is 6.91. The molecule has 0 radical (unpaired) electrons. The van der Waals surface area contributed by atoms with Gasteiger partial charge in [0.05, 0.1) is 11.8 Å². The van der Waals surface area contributed by atoms with Crippen LogP contribution in [0.1, 0.15) is 49.3 Å². The first-order chi connectivity index (χ1) is 11.8. The number of hydrogen-bond acceptors (Lipinski definition) is 3. The number of nitrogens with zero attached hydrogens (tertiary/aromatic N) is 2. The number of para-hydroxylation sites is 1. The van der Waals surface area contributed by atoms with Gasteiger partial charge in [0.15, 0.2) is 5.72 Å². The van der Waals surface area contributed by atoms with Crippen molar-refractivity contribution in [3.8, 4) is 5.75 Å². The highest BCUT2D eigenvalue weighted by Gasteiger charge is 2.51. The molecule has 0 aromatic heterocycles. The fourth-order valence-electron chi connectivity index (χ4n) is 4.30. The second-order valence-electron chi connectivity index (χ2n) is 6.91. The lowest BCUT2D eigenvalue weighted by Crippen LogP contribution is -2.51. The van der Waals surface area contributed by atoms with Gasteiger partial charge >= 0.3 is 0 Å². The number of ether oxygens (including phenoxy) is 1. The Morgan fingerprint density at radius 1 is 1.04 bits per heavy atom. The van der Waals surface area contributed by atoms with Crippen LogP contribution in [0.2, 0.25) is 0 Å². The maximum Gasteiger partial charge on any atom is 0.198 e. The number of hydrazone groups is 1. The Morgan fingerprint density at radius 2 is 1.79 bits per heavy atom. The molecular weight excluding hydrogens is 303 g/mol. The summed E-state index contributed by atoms with van der Waals surface area (Å²) in [5.41, 5.74) is 2.92. The maximum atomic E-state index is 13.2. The van der Waals surface area contributed by atoms with Crippen molar-refractivity contribution < 1.29 is 9.13 Å². The number of fused-ring (bicyclic) bond motifs is 4. The normalized spacial score (nSPS) is 23.6. The fourth-order valence-corrected chi connectivity index (χ4v) is 4.30. The fraction of sp³-hybridized carbons (Fsp3) is 0.350. The van der Waals surface area contributed by atoms with E-state index in [2.05, 4.69) is 23.2 Å². The summed E-state index contributed by atoms with van der Waals surface area (Å²) in [6, 6.07) is 15.2. The molecule has 2 aliphatic heterocycles. The van der Waals surface area contributed by atoms with Crippen molar-refractivity contribution in [2.75, 3.05) is 0 Å². The Labute approximate surface area is 140 Å². The quantitative estimate of drug-likeness (QED) is 0.764. The van der Waals surface area contributed by atoms with Gasteiger partial charge in [-0.25, -0.2) is 9.40 Å². The Bertz CT molecular complexity index is 809. The summed E-state index contributed by atoms with van der Waals surface area (Å²) in [7, 11) is 0. The van der Waals surface area contributed by atoms with Crippen LogP contribution >= 0.6 is 0 Å². The van der Waals surface area contributed by atoms with Crippen LogP contribution in [0.25, 0.3) is 0 Å². The largest absolute Gasteiger partial charge is 0.466 e. The lowest BCUT2D eigenvalue weighted by atomic mass is 9.94. The maximum absolute atomic E-state index is 13.2. The van der Waals surface area contributed by atoms with Crippen LogP contribution in [-0.4, -0.2) is 16.4 Å². The van der Waals surface area contributed by atoms with Crippen molar-refractivity contribution in [3.63, 3.8) is 0 Å². The third kappa shape index (κ3) is 1.98. The summed E-state index contributed by atoms with van der Waals surface area (Å²) in [5, 5.41) is 7.14. The smallest absolute Gasteiger partial charge is 0.198 e. The molecule has 0 saturated heterocycles. The van der Waals surface area contributed by atoms with Crippen LogP contribution in [0.15, 0.2) is 53.6 Å². The van der Waals surface area contributed by atoms with Gasteiger partial charge in [0, 0.05) is 24.8 Å². The average molecular weight is 322 g/mol. The topological polar surface area (TPSA) is 24.8 Å². The van der Waals surface area contributed by atoms with Gasteiger partial charge in [0.2, 0.25) is 0 Å². The zero-order chi connectivity index (χ0) is 16.1. The molecule has 0 N–H and O–H groups in total. The molecular formula is C20H19FN2O. The molecule has 1 saturated carbocycles. The van der Waals surface area contributed by atoms with Crippen molar-refractivity contribution in [1.29, 1.82) is 0 Å². The first-order valence-corrected chi connectivity index (χ1v) is 8.66. The predicted octanol–water partition coefficient (Wildman–Crippen LogP) is 4.64. The molecule has 0 bridgehead atoms. The van der Waals surface area contributed by atoms with E-state index in [1.807, 2.05) is 18.2 Å².